The van der Waals surface area contributed by atoms with Gasteiger partial charge in [0.25, 0.3) is 0 Å². The molecule has 2 aromatic rings. The highest BCUT2D eigenvalue weighted by molar-refractivity contribution is 5.84. The van der Waals surface area contributed by atoms with Crippen molar-refractivity contribution in [3.8, 4) is 11.4 Å². The van der Waals surface area contributed by atoms with Crippen LogP contribution < -0.4 is 0 Å². The number of ether oxygens (including phenoxy) is 1. The van der Waals surface area contributed by atoms with Crippen molar-refractivity contribution in [3.63, 3.8) is 0 Å². The molecule has 1 saturated heterocycles. The van der Waals surface area contributed by atoms with Gasteiger partial charge in [0.15, 0.2) is 5.82 Å². The van der Waals surface area contributed by atoms with E-state index in [0.29, 0.717) is 12.5 Å². The monoisotopic (exact) mass is 391 g/mol. The van der Waals surface area contributed by atoms with Gasteiger partial charge >= 0.3 is 0 Å². The molecule has 2 aliphatic carbocycles. The minimum atomic E-state index is -0.282. The smallest absolute Gasteiger partial charge is 0.231 e. The van der Waals surface area contributed by atoms with Crippen LogP contribution in [0.3, 0.4) is 0 Å². The van der Waals surface area contributed by atoms with Gasteiger partial charge in [0.2, 0.25) is 5.91 Å². The van der Waals surface area contributed by atoms with Gasteiger partial charge in [-0.25, -0.2) is 9.97 Å². The van der Waals surface area contributed by atoms with Crippen LogP contribution in [-0.4, -0.2) is 47.6 Å². The summed E-state index contributed by atoms with van der Waals surface area (Å²) >= 11 is 0. The average molecular weight is 392 g/mol. The van der Waals surface area contributed by atoms with Crippen molar-refractivity contribution < 1.29 is 9.53 Å². The van der Waals surface area contributed by atoms with E-state index in [0.717, 1.165) is 69.4 Å². The number of nitrogens with zero attached hydrogens (tertiary/aromatic N) is 3. The van der Waals surface area contributed by atoms with Crippen LogP contribution in [-0.2, 0) is 21.4 Å². The fourth-order valence-corrected chi connectivity index (χ4v) is 5.61. The second-order valence-electron chi connectivity index (χ2n) is 9.11. The zero-order valence-electron chi connectivity index (χ0n) is 17.2. The Morgan fingerprint density at radius 2 is 1.97 bits per heavy atom. The Hall–Kier alpha value is -2.27. The van der Waals surface area contributed by atoms with Crippen LogP contribution >= 0.6 is 0 Å². The topological polar surface area (TPSA) is 55.3 Å². The number of likely N-dealkylation sites (tertiary alicyclic amines) is 1. The first-order valence-corrected chi connectivity index (χ1v) is 10.9. The molecule has 1 atom stereocenters. The first-order valence-electron chi connectivity index (χ1n) is 10.9. The lowest BCUT2D eigenvalue weighted by Gasteiger charge is -2.47. The number of hydrogen-bond acceptors (Lipinski definition) is 4. The molecule has 1 aromatic carbocycles. The number of piperidine rings is 1. The number of benzene rings is 1. The number of aryl methyl sites for hydroxylation is 1. The molecule has 152 valence electrons. The summed E-state index contributed by atoms with van der Waals surface area (Å²) in [5.74, 6) is 1.10. The summed E-state index contributed by atoms with van der Waals surface area (Å²) in [5.41, 5.74) is 3.19. The SMILES string of the molecule is COCC1(C(=O)N2CCCC3(CCc4cnc(-c5ccccc5)nc43)C2)CCC1. The number of amides is 1. The first kappa shape index (κ1) is 18.7. The molecular formula is C24H29N3O2. The molecule has 5 heteroatoms. The quantitative estimate of drug-likeness (QED) is 0.796. The van der Waals surface area contributed by atoms with Gasteiger partial charge in [-0.1, -0.05) is 36.8 Å². The summed E-state index contributed by atoms with van der Waals surface area (Å²) in [7, 11) is 1.71. The van der Waals surface area contributed by atoms with Gasteiger partial charge in [-0.05, 0) is 44.1 Å². The summed E-state index contributed by atoms with van der Waals surface area (Å²) in [4.78, 5) is 25.3. The maximum absolute atomic E-state index is 13.4. The molecule has 0 bridgehead atoms. The number of carbonyl (C=O) groups is 1. The molecule has 1 unspecified atom stereocenters. The maximum Gasteiger partial charge on any atom is 0.231 e. The Balaban J connectivity index is 1.44. The Morgan fingerprint density at radius 1 is 1.14 bits per heavy atom. The van der Waals surface area contributed by atoms with Crippen molar-refractivity contribution in [1.82, 2.24) is 14.9 Å². The highest BCUT2D eigenvalue weighted by Gasteiger charge is 2.50. The van der Waals surface area contributed by atoms with Crippen molar-refractivity contribution >= 4 is 5.91 Å². The molecule has 1 aliphatic heterocycles. The molecule has 1 spiro atoms. The molecule has 3 aliphatic rings. The van der Waals surface area contributed by atoms with Crippen molar-refractivity contribution in [2.24, 2.45) is 5.41 Å². The maximum atomic E-state index is 13.4. The van der Waals surface area contributed by atoms with Gasteiger partial charge in [-0.2, -0.15) is 0 Å². The molecule has 5 nitrogen and oxygen atoms in total. The summed E-state index contributed by atoms with van der Waals surface area (Å²) in [5, 5.41) is 0. The van der Waals surface area contributed by atoms with E-state index in [9.17, 15) is 4.79 Å². The Morgan fingerprint density at radius 3 is 2.69 bits per heavy atom. The molecule has 1 amide bonds. The van der Waals surface area contributed by atoms with E-state index < -0.39 is 0 Å². The van der Waals surface area contributed by atoms with Crippen LogP contribution in [0, 0.1) is 5.41 Å². The summed E-state index contributed by atoms with van der Waals surface area (Å²) < 4.78 is 5.43. The summed E-state index contributed by atoms with van der Waals surface area (Å²) in [6, 6.07) is 10.2. The van der Waals surface area contributed by atoms with Crippen LogP contribution in [0.5, 0.6) is 0 Å². The lowest BCUT2D eigenvalue weighted by atomic mass is 9.67. The van der Waals surface area contributed by atoms with Gasteiger partial charge < -0.3 is 9.64 Å². The van der Waals surface area contributed by atoms with E-state index in [1.165, 1.54) is 11.3 Å². The number of carbonyl (C=O) groups excluding carboxylic acids is 1. The van der Waals surface area contributed by atoms with Crippen molar-refractivity contribution in [1.29, 1.82) is 0 Å². The minimum Gasteiger partial charge on any atom is -0.384 e. The highest BCUT2D eigenvalue weighted by atomic mass is 16.5. The largest absolute Gasteiger partial charge is 0.384 e. The predicted molar refractivity (Wildman–Crippen MR) is 111 cm³/mol. The van der Waals surface area contributed by atoms with Gasteiger partial charge in [-0.3, -0.25) is 4.79 Å². The standard InChI is InChI=1S/C24H29N3O2/c1-29-17-24(10-5-11-24)22(28)27-14-6-12-23(16-27)13-9-19-15-25-21(26-20(19)23)18-7-3-2-4-8-18/h2-4,7-8,15H,5-6,9-14,16-17H2,1H3. The van der Waals surface area contributed by atoms with E-state index in [1.54, 1.807) is 7.11 Å². The van der Waals surface area contributed by atoms with Gasteiger partial charge in [-0.15, -0.1) is 0 Å². The van der Waals surface area contributed by atoms with E-state index in [2.05, 4.69) is 22.0 Å². The van der Waals surface area contributed by atoms with Crippen LogP contribution in [0.2, 0.25) is 0 Å². The average Bonchev–Trinajstić information content (AvgIpc) is 3.08. The molecule has 1 aromatic heterocycles. The summed E-state index contributed by atoms with van der Waals surface area (Å²) in [6.07, 6.45) is 9.28. The first-order chi connectivity index (χ1) is 14.2. The molecule has 2 heterocycles. The molecule has 0 radical (unpaired) electrons. The van der Waals surface area contributed by atoms with Crippen LogP contribution in [0.15, 0.2) is 36.5 Å². The zero-order chi connectivity index (χ0) is 19.9. The lowest BCUT2D eigenvalue weighted by Crippen LogP contribution is -2.56. The Kier molecular flexibility index (Phi) is 4.66. The summed E-state index contributed by atoms with van der Waals surface area (Å²) in [6.45, 7) is 2.19. The molecule has 0 N–H and O–H groups in total. The number of fused-ring (bicyclic) bond motifs is 2. The zero-order valence-corrected chi connectivity index (χ0v) is 17.2. The van der Waals surface area contributed by atoms with E-state index in [-0.39, 0.29) is 10.8 Å². The van der Waals surface area contributed by atoms with E-state index in [4.69, 9.17) is 9.72 Å². The van der Waals surface area contributed by atoms with Gasteiger partial charge in [0.1, 0.15) is 0 Å². The fraction of sp³-hybridized carbons (Fsp3) is 0.542. The Labute approximate surface area is 172 Å². The van der Waals surface area contributed by atoms with Crippen molar-refractivity contribution in [3.05, 3.63) is 47.8 Å². The van der Waals surface area contributed by atoms with E-state index >= 15 is 0 Å². The molecule has 5 rings (SSSR count). The minimum absolute atomic E-state index is 0.0201. The molecule has 2 fully saturated rings. The predicted octanol–water partition coefficient (Wildman–Crippen LogP) is 3.77. The number of rotatable bonds is 4. The highest BCUT2D eigenvalue weighted by Crippen LogP contribution is 2.47. The number of hydrogen-bond donors (Lipinski definition) is 0. The van der Waals surface area contributed by atoms with Crippen LogP contribution in [0.1, 0.15) is 49.8 Å². The third-order valence-corrected chi connectivity index (χ3v) is 7.32. The second kappa shape index (κ2) is 7.21. The van der Waals surface area contributed by atoms with Gasteiger partial charge in [0.05, 0.1) is 17.7 Å². The van der Waals surface area contributed by atoms with Crippen LogP contribution in [0.4, 0.5) is 0 Å². The molecule has 29 heavy (non-hydrogen) atoms. The van der Waals surface area contributed by atoms with Gasteiger partial charge in [0, 0.05) is 37.4 Å². The van der Waals surface area contributed by atoms with Crippen LogP contribution in [0.25, 0.3) is 11.4 Å². The molecular weight excluding hydrogens is 362 g/mol. The fourth-order valence-electron chi connectivity index (χ4n) is 5.61. The van der Waals surface area contributed by atoms with E-state index in [1.807, 2.05) is 24.4 Å². The number of methoxy groups -OCH3 is 1. The molecule has 1 saturated carbocycles. The van der Waals surface area contributed by atoms with Crippen molar-refractivity contribution in [2.45, 2.75) is 50.4 Å². The Bertz CT molecular complexity index is 906. The number of aromatic nitrogens is 2. The normalized spacial score (nSPS) is 24.9. The second-order valence-corrected chi connectivity index (χ2v) is 9.11. The third kappa shape index (κ3) is 3.07. The third-order valence-electron chi connectivity index (χ3n) is 7.32. The lowest BCUT2D eigenvalue weighted by molar-refractivity contribution is -0.154. The van der Waals surface area contributed by atoms with Crippen molar-refractivity contribution in [2.75, 3.05) is 26.8 Å².